The molecule has 2 atom stereocenters. The second-order valence-electron chi connectivity index (χ2n) is 8.27. The average molecular weight is 496 g/mol. The molecule has 0 saturated heterocycles. The van der Waals surface area contributed by atoms with Crippen LogP contribution in [0.5, 0.6) is 5.75 Å². The molecule has 0 fully saturated rings. The summed E-state index contributed by atoms with van der Waals surface area (Å²) in [6.45, 7) is 12.9. The number of hydrogen-bond acceptors (Lipinski definition) is 6. The van der Waals surface area contributed by atoms with E-state index in [0.717, 1.165) is 30.4 Å². The number of aliphatic hydroxyl groups is 2. The van der Waals surface area contributed by atoms with E-state index in [1.807, 2.05) is 75.5 Å². The van der Waals surface area contributed by atoms with Crippen molar-refractivity contribution in [2.75, 3.05) is 20.3 Å². The highest BCUT2D eigenvalue weighted by atomic mass is 16.5. The third-order valence-electron chi connectivity index (χ3n) is 5.33. The largest absolute Gasteiger partial charge is 0.491 e. The number of hydrogen-bond donors (Lipinski definition) is 2. The van der Waals surface area contributed by atoms with Crippen molar-refractivity contribution >= 4 is 11.6 Å². The predicted octanol–water partition coefficient (Wildman–Crippen LogP) is 5.40. The van der Waals surface area contributed by atoms with Gasteiger partial charge in [0.1, 0.15) is 18.1 Å². The van der Waals surface area contributed by atoms with Crippen molar-refractivity contribution in [3.63, 3.8) is 0 Å². The summed E-state index contributed by atoms with van der Waals surface area (Å²) in [5.74, 6) is 1.42. The molecule has 0 radical (unpaired) electrons. The smallest absolute Gasteiger partial charge is 0.159 e. The van der Waals surface area contributed by atoms with E-state index in [4.69, 9.17) is 14.9 Å². The van der Waals surface area contributed by atoms with Crippen LogP contribution >= 0.6 is 0 Å². The number of ketones is 2. The number of aryl methyl sites for hydroxylation is 1. The van der Waals surface area contributed by atoms with Gasteiger partial charge in [0, 0.05) is 36.9 Å². The summed E-state index contributed by atoms with van der Waals surface area (Å²) in [5.41, 5.74) is 4.14. The third-order valence-corrected chi connectivity index (χ3v) is 5.33. The number of Topliss-reactive ketones (excluding diaryl/α,β-unsaturated/α-hetero) is 2. The van der Waals surface area contributed by atoms with Gasteiger partial charge in [0.05, 0.1) is 6.61 Å². The fourth-order valence-electron chi connectivity index (χ4n) is 2.90. The molecule has 3 rings (SSSR count). The Balaban J connectivity index is 0.000000594. The van der Waals surface area contributed by atoms with Crippen LogP contribution < -0.4 is 4.74 Å². The number of nitrogens with zero attached hydrogens (tertiary/aromatic N) is 1. The zero-order valence-electron chi connectivity index (χ0n) is 22.4. The van der Waals surface area contributed by atoms with Gasteiger partial charge in [-0.25, -0.2) is 0 Å². The van der Waals surface area contributed by atoms with Gasteiger partial charge < -0.3 is 14.9 Å². The van der Waals surface area contributed by atoms with Crippen molar-refractivity contribution in [2.45, 2.75) is 47.0 Å². The molecule has 0 amide bonds. The first-order valence-electron chi connectivity index (χ1n) is 11.9. The monoisotopic (exact) mass is 495 g/mol. The molecule has 1 aromatic heterocycles. The molecule has 0 aliphatic heterocycles. The van der Waals surface area contributed by atoms with Crippen LogP contribution in [0.1, 0.15) is 51.2 Å². The molecule has 0 saturated carbocycles. The molecule has 2 unspecified atom stereocenters. The molecule has 6 nitrogen and oxygen atoms in total. The number of aromatic nitrogens is 1. The molecule has 1 aliphatic rings. The molecule has 6 heteroatoms. The Morgan fingerprint density at radius 3 is 2.11 bits per heavy atom. The lowest BCUT2D eigenvalue weighted by Crippen LogP contribution is -2.05. The van der Waals surface area contributed by atoms with Gasteiger partial charge in [0.25, 0.3) is 0 Å². The Hall–Kier alpha value is -3.35. The Morgan fingerprint density at radius 1 is 1.14 bits per heavy atom. The van der Waals surface area contributed by atoms with Crippen molar-refractivity contribution in [3.05, 3.63) is 95.9 Å². The van der Waals surface area contributed by atoms with E-state index in [1.165, 1.54) is 11.1 Å². The Kier molecular flexibility index (Phi) is 17.2. The maximum atomic E-state index is 11.2. The fraction of sp³-hybridized carbons (Fsp3) is 0.367. The van der Waals surface area contributed by atoms with Crippen LogP contribution in [-0.4, -0.2) is 47.1 Å². The maximum Gasteiger partial charge on any atom is 0.159 e. The lowest BCUT2D eigenvalue weighted by Gasteiger charge is -2.16. The Bertz CT molecular complexity index is 964. The minimum atomic E-state index is 0.0196. The number of carbonyl (C=O) groups excluding carboxylic acids is 2. The number of pyridine rings is 1. The molecular weight excluding hydrogens is 454 g/mol. The van der Waals surface area contributed by atoms with Gasteiger partial charge in [-0.2, -0.15) is 0 Å². The van der Waals surface area contributed by atoms with E-state index in [0.29, 0.717) is 12.5 Å². The van der Waals surface area contributed by atoms with Gasteiger partial charge in [-0.3, -0.25) is 14.6 Å². The number of ether oxygens (including phenoxy) is 1. The number of rotatable bonds is 7. The van der Waals surface area contributed by atoms with Crippen LogP contribution in [0.3, 0.4) is 0 Å². The number of allylic oxidation sites excluding steroid dienone is 5. The highest BCUT2D eigenvalue weighted by molar-refractivity contribution is 5.96. The lowest BCUT2D eigenvalue weighted by molar-refractivity contribution is -0.119. The Morgan fingerprint density at radius 2 is 1.78 bits per heavy atom. The second-order valence-corrected chi connectivity index (χ2v) is 8.27. The molecule has 2 aromatic rings. The molecule has 0 bridgehead atoms. The fourth-order valence-corrected chi connectivity index (χ4v) is 2.90. The average Bonchev–Trinajstić information content (AvgIpc) is 2.89. The zero-order chi connectivity index (χ0) is 27.5. The molecule has 36 heavy (non-hydrogen) atoms. The van der Waals surface area contributed by atoms with E-state index in [9.17, 15) is 9.59 Å². The minimum absolute atomic E-state index is 0.0196. The molecule has 1 aromatic carbocycles. The van der Waals surface area contributed by atoms with E-state index in [2.05, 4.69) is 17.6 Å². The SMILES string of the molecule is C=C(C)C(C)C(C)=O.CC(=O)C1=CCC(c2ccc(OCCO)cc2)C=C1.CO.Cc1cccnc1. The van der Waals surface area contributed by atoms with Gasteiger partial charge in [-0.1, -0.05) is 55.5 Å². The molecular formula is C30H41NO5. The molecule has 1 aliphatic carbocycles. The summed E-state index contributed by atoms with van der Waals surface area (Å²) in [6.07, 6.45) is 10.4. The van der Waals surface area contributed by atoms with Crippen molar-refractivity contribution < 1.29 is 24.5 Å². The highest BCUT2D eigenvalue weighted by Crippen LogP contribution is 2.28. The van der Waals surface area contributed by atoms with Crippen molar-refractivity contribution in [1.82, 2.24) is 4.98 Å². The van der Waals surface area contributed by atoms with Crippen molar-refractivity contribution in [3.8, 4) is 5.75 Å². The summed E-state index contributed by atoms with van der Waals surface area (Å²) < 4.78 is 5.32. The first kappa shape index (κ1) is 32.6. The maximum absolute atomic E-state index is 11.2. The first-order chi connectivity index (χ1) is 17.1. The summed E-state index contributed by atoms with van der Waals surface area (Å²) in [7, 11) is 1.00. The predicted molar refractivity (Wildman–Crippen MR) is 146 cm³/mol. The number of benzene rings is 1. The number of aliphatic hydroxyl groups excluding tert-OH is 2. The van der Waals surface area contributed by atoms with Crippen LogP contribution in [0.4, 0.5) is 0 Å². The first-order valence-corrected chi connectivity index (χ1v) is 11.9. The quantitative estimate of drug-likeness (QED) is 0.499. The Labute approximate surface area is 216 Å². The topological polar surface area (TPSA) is 96.7 Å². The van der Waals surface area contributed by atoms with Crippen LogP contribution in [0.2, 0.25) is 0 Å². The van der Waals surface area contributed by atoms with Gasteiger partial charge in [-0.15, -0.1) is 0 Å². The summed E-state index contributed by atoms with van der Waals surface area (Å²) in [5, 5.41) is 15.7. The summed E-state index contributed by atoms with van der Waals surface area (Å²) >= 11 is 0. The second kappa shape index (κ2) is 18.9. The van der Waals surface area contributed by atoms with Crippen LogP contribution in [-0.2, 0) is 9.59 Å². The zero-order valence-corrected chi connectivity index (χ0v) is 22.4. The molecule has 0 spiro atoms. The molecule has 196 valence electrons. The molecule has 1 heterocycles. The van der Waals surface area contributed by atoms with Gasteiger partial charge in [-0.05, 0) is 63.4 Å². The normalized spacial score (nSPS) is 14.2. The molecule has 2 N–H and O–H groups in total. The minimum Gasteiger partial charge on any atom is -0.491 e. The standard InChI is InChI=1S/C16H18O3.C7H12O.C6H7N.CH4O/c1-12(18)13-2-4-14(5-3-13)15-6-8-16(9-7-15)19-11-10-17;1-5(2)6(3)7(4)8;1-6-3-2-4-7-5-6;1-2/h2-4,6-9,14,17H,5,10-11H2,1H3;6H,1H2,2-4H3;2-5H,1H3;2H,1H3. The lowest BCUT2D eigenvalue weighted by atomic mass is 9.89. The van der Waals surface area contributed by atoms with E-state index in [-0.39, 0.29) is 24.1 Å². The number of carbonyl (C=O) groups is 2. The van der Waals surface area contributed by atoms with Crippen LogP contribution in [0, 0.1) is 12.8 Å². The summed E-state index contributed by atoms with van der Waals surface area (Å²) in [6, 6.07) is 11.8. The van der Waals surface area contributed by atoms with E-state index < -0.39 is 0 Å². The van der Waals surface area contributed by atoms with Crippen LogP contribution in [0.15, 0.2) is 84.7 Å². The van der Waals surface area contributed by atoms with Gasteiger partial charge in [0.2, 0.25) is 0 Å². The van der Waals surface area contributed by atoms with Crippen LogP contribution in [0.25, 0.3) is 0 Å². The van der Waals surface area contributed by atoms with E-state index >= 15 is 0 Å². The van der Waals surface area contributed by atoms with Gasteiger partial charge in [0.15, 0.2) is 5.78 Å². The van der Waals surface area contributed by atoms with Gasteiger partial charge >= 0.3 is 0 Å². The van der Waals surface area contributed by atoms with E-state index in [1.54, 1.807) is 20.0 Å². The van der Waals surface area contributed by atoms with Crippen molar-refractivity contribution in [2.24, 2.45) is 5.92 Å². The summed E-state index contributed by atoms with van der Waals surface area (Å²) in [4.78, 5) is 25.6. The highest BCUT2D eigenvalue weighted by Gasteiger charge is 2.13. The van der Waals surface area contributed by atoms with Crippen molar-refractivity contribution in [1.29, 1.82) is 0 Å². The third kappa shape index (κ3) is 13.5.